The summed E-state index contributed by atoms with van der Waals surface area (Å²) in [7, 11) is -1.00. The summed E-state index contributed by atoms with van der Waals surface area (Å²) < 4.78 is 40.4. The van der Waals surface area contributed by atoms with Crippen LogP contribution < -0.4 is 5.46 Å². The van der Waals surface area contributed by atoms with Crippen LogP contribution in [0.1, 0.15) is 37.0 Å². The van der Waals surface area contributed by atoms with Gasteiger partial charge in [-0.1, -0.05) is 63.7 Å². The molecule has 2 heterocycles. The molecule has 0 aromatic heterocycles. The maximum Gasteiger partial charge on any atom is 0.492 e. The number of oxime groups is 1. The summed E-state index contributed by atoms with van der Waals surface area (Å²) in [6, 6.07) is 6.55. The van der Waals surface area contributed by atoms with Gasteiger partial charge in [-0.05, 0) is 42.6 Å². The Hall–Kier alpha value is -1.16. The summed E-state index contributed by atoms with van der Waals surface area (Å²) in [6.07, 6.45) is -0.205. The highest BCUT2D eigenvalue weighted by molar-refractivity contribution is 6.62. The van der Waals surface area contributed by atoms with Gasteiger partial charge < -0.3 is 14.5 Å². The van der Waals surface area contributed by atoms with Crippen molar-refractivity contribution in [3.8, 4) is 0 Å². The average Bonchev–Trinajstić information content (AvgIpc) is 3.21. The average molecular weight is 515 g/mol. The molecule has 1 unspecified atom stereocenters. The zero-order valence-corrected chi connectivity index (χ0v) is 19.2. The highest BCUT2D eigenvalue weighted by Crippen LogP contribution is 2.47. The van der Waals surface area contributed by atoms with Crippen molar-refractivity contribution in [1.82, 2.24) is 0 Å². The number of hydrogen-bond acceptors (Lipinski definition) is 4. The predicted octanol–water partition coefficient (Wildman–Crippen LogP) is 6.08. The van der Waals surface area contributed by atoms with Crippen LogP contribution in [0.5, 0.6) is 0 Å². The Morgan fingerprint density at radius 2 is 1.71 bits per heavy atom. The third kappa shape index (κ3) is 4.52. The van der Waals surface area contributed by atoms with E-state index in [0.29, 0.717) is 16.7 Å². The number of nitrogens with zero attached hydrogens (tertiary/aromatic N) is 1. The van der Waals surface area contributed by atoms with Crippen LogP contribution in [-0.4, -0.2) is 24.8 Å². The molecule has 0 amide bonds. The zero-order valence-electron chi connectivity index (χ0n) is 16.2. The maximum absolute atomic E-state index is 15.6. The lowest BCUT2D eigenvalue weighted by Crippen LogP contribution is -2.28. The van der Waals surface area contributed by atoms with E-state index in [-0.39, 0.29) is 32.1 Å². The van der Waals surface area contributed by atoms with Gasteiger partial charge in [0.25, 0.3) is 0 Å². The predicted molar refractivity (Wildman–Crippen MR) is 117 cm³/mol. The highest BCUT2D eigenvalue weighted by Gasteiger charge is 2.45. The van der Waals surface area contributed by atoms with Gasteiger partial charge in [0.15, 0.2) is 0 Å². The smallest absolute Gasteiger partial charge is 0.423 e. The van der Waals surface area contributed by atoms with Gasteiger partial charge in [0, 0.05) is 0 Å². The second-order valence-corrected chi connectivity index (χ2v) is 8.81. The van der Waals surface area contributed by atoms with Gasteiger partial charge in [-0.2, -0.15) is 4.39 Å². The van der Waals surface area contributed by atoms with Gasteiger partial charge in [-0.3, -0.25) is 0 Å². The van der Waals surface area contributed by atoms with Crippen LogP contribution in [0.15, 0.2) is 29.4 Å². The fraction of sp³-hybridized carbons (Fsp3) is 0.316. The van der Waals surface area contributed by atoms with Crippen LogP contribution in [0.3, 0.4) is 0 Å². The van der Waals surface area contributed by atoms with E-state index in [0.717, 1.165) is 5.56 Å². The summed E-state index contributed by atoms with van der Waals surface area (Å²) in [5, 5.41) is 13.9. The molecule has 166 valence electrons. The van der Waals surface area contributed by atoms with Crippen molar-refractivity contribution >= 4 is 64.7 Å². The lowest BCUT2D eigenvalue weighted by Gasteiger charge is -2.21. The first-order valence-corrected chi connectivity index (χ1v) is 10.4. The van der Waals surface area contributed by atoms with Crippen molar-refractivity contribution in [3.05, 3.63) is 61.0 Å². The molecular weight excluding hydrogens is 500 g/mol. The molecule has 0 fully saturated rings. The van der Waals surface area contributed by atoms with E-state index in [1.807, 2.05) is 19.9 Å². The van der Waals surface area contributed by atoms with Crippen LogP contribution in [0.25, 0.3) is 0 Å². The van der Waals surface area contributed by atoms with Crippen molar-refractivity contribution in [2.24, 2.45) is 5.16 Å². The molecular formula is C19H15BCl4F3NO3. The van der Waals surface area contributed by atoms with Crippen LogP contribution >= 0.6 is 46.4 Å². The molecule has 0 bridgehead atoms. The molecule has 0 radical (unpaired) electrons. The first-order valence-electron chi connectivity index (χ1n) is 8.85. The Labute approximate surface area is 197 Å². The molecule has 0 spiro atoms. The lowest BCUT2D eigenvalue weighted by atomic mass is 9.77. The van der Waals surface area contributed by atoms with E-state index in [9.17, 15) is 13.8 Å². The van der Waals surface area contributed by atoms with Crippen LogP contribution in [0.2, 0.25) is 20.1 Å². The van der Waals surface area contributed by atoms with Gasteiger partial charge in [-0.15, -0.1) is 0 Å². The summed E-state index contributed by atoms with van der Waals surface area (Å²) >= 11 is 24.2. The van der Waals surface area contributed by atoms with Crippen molar-refractivity contribution in [1.29, 1.82) is 0 Å². The number of fused-ring (bicyclic) bond motifs is 1. The fourth-order valence-electron chi connectivity index (χ4n) is 3.43. The SMILES string of the molecule is CC1(C)OB(O)c2ccc(C3=NOC(F)(c4cc(Cl)c(Cl)c(Cl)c4Cl)C3)cc21.FCF. The quantitative estimate of drug-likeness (QED) is 0.300. The summed E-state index contributed by atoms with van der Waals surface area (Å²) in [4.78, 5) is 5.11. The van der Waals surface area contributed by atoms with Crippen molar-refractivity contribution in [2.75, 3.05) is 6.93 Å². The largest absolute Gasteiger partial charge is 0.492 e. The second-order valence-electron chi connectivity index (χ2n) is 7.27. The Bertz CT molecular complexity index is 1060. The molecule has 1 N–H and O–H groups in total. The standard InChI is InChI=1S/C18H13BCl4FNO3.CH2F2/c1-17(2)9-5-8(3-4-11(9)19(26)27-17)13-7-18(24,28-25-13)10-6-12(20)15(22)16(23)14(10)21;2-1-3/h3-6,26H,7H2,1-2H3;1H2. The number of benzene rings is 2. The van der Waals surface area contributed by atoms with E-state index < -0.39 is 25.5 Å². The molecule has 31 heavy (non-hydrogen) atoms. The number of alkyl halides is 3. The van der Waals surface area contributed by atoms with Crippen molar-refractivity contribution < 1.29 is 27.7 Å². The van der Waals surface area contributed by atoms with Crippen molar-refractivity contribution in [3.63, 3.8) is 0 Å². The summed E-state index contributed by atoms with van der Waals surface area (Å²) in [5.74, 6) is -2.34. The Kier molecular flexibility index (Phi) is 7.11. The van der Waals surface area contributed by atoms with Crippen LogP contribution in [0.4, 0.5) is 13.2 Å². The molecule has 12 heteroatoms. The van der Waals surface area contributed by atoms with Gasteiger partial charge in [0.05, 0.1) is 43.4 Å². The molecule has 0 saturated heterocycles. The lowest BCUT2D eigenvalue weighted by molar-refractivity contribution is -0.130. The third-order valence-electron chi connectivity index (χ3n) is 4.91. The number of halogens is 7. The second kappa shape index (κ2) is 9.00. The van der Waals surface area contributed by atoms with Gasteiger partial charge in [0.1, 0.15) is 0 Å². The minimum atomic E-state index is -2.34. The first kappa shape index (κ1) is 24.5. The van der Waals surface area contributed by atoms with Crippen molar-refractivity contribution in [2.45, 2.75) is 31.7 Å². The molecule has 0 aliphatic carbocycles. The van der Waals surface area contributed by atoms with E-state index in [2.05, 4.69) is 5.16 Å². The normalized spacial score (nSPS) is 21.2. The zero-order chi connectivity index (χ0) is 23.1. The molecule has 0 saturated carbocycles. The molecule has 2 aliphatic rings. The summed E-state index contributed by atoms with van der Waals surface area (Å²) in [6.45, 7) is 1.94. The van der Waals surface area contributed by atoms with Crippen LogP contribution in [-0.2, 0) is 20.9 Å². The minimum absolute atomic E-state index is 0.0410. The van der Waals surface area contributed by atoms with E-state index in [1.165, 1.54) is 6.07 Å². The van der Waals surface area contributed by atoms with Gasteiger partial charge >= 0.3 is 13.0 Å². The summed E-state index contributed by atoms with van der Waals surface area (Å²) in [5.41, 5.74) is 1.75. The molecule has 2 aromatic rings. The highest BCUT2D eigenvalue weighted by atomic mass is 35.5. The number of hydrogen-bond donors (Lipinski definition) is 1. The van der Waals surface area contributed by atoms with Crippen LogP contribution in [0, 0.1) is 0 Å². The first-order chi connectivity index (χ1) is 14.4. The monoisotopic (exact) mass is 513 g/mol. The topological polar surface area (TPSA) is 51.0 Å². The Morgan fingerprint density at radius 3 is 2.35 bits per heavy atom. The minimum Gasteiger partial charge on any atom is -0.423 e. The third-order valence-corrected chi connectivity index (χ3v) is 6.66. The van der Waals surface area contributed by atoms with E-state index in [1.54, 1.807) is 12.1 Å². The van der Waals surface area contributed by atoms with E-state index in [4.69, 9.17) is 55.9 Å². The van der Waals surface area contributed by atoms with E-state index >= 15 is 4.39 Å². The van der Waals surface area contributed by atoms with Gasteiger partial charge in [0.2, 0.25) is 6.93 Å². The Balaban J connectivity index is 0.000000858. The Morgan fingerprint density at radius 1 is 1.06 bits per heavy atom. The molecule has 4 nitrogen and oxygen atoms in total. The molecule has 1 atom stereocenters. The molecule has 2 aromatic carbocycles. The maximum atomic E-state index is 15.6. The fourth-order valence-corrected chi connectivity index (χ4v) is 4.37. The molecule has 4 rings (SSSR count). The number of rotatable bonds is 2. The molecule has 2 aliphatic heterocycles. The van der Waals surface area contributed by atoms with Gasteiger partial charge in [-0.25, -0.2) is 8.78 Å².